The van der Waals surface area contributed by atoms with E-state index in [1.54, 1.807) is 0 Å². The Labute approximate surface area is 480 Å². The first-order valence-electron chi connectivity index (χ1n) is 34.5. The van der Waals surface area contributed by atoms with Crippen molar-refractivity contribution in [2.75, 3.05) is 13.2 Å². The zero-order chi connectivity index (χ0) is 55.7. The van der Waals surface area contributed by atoms with Crippen molar-refractivity contribution in [1.29, 1.82) is 0 Å². The first kappa shape index (κ1) is 74.6. The Kier molecular flexibility index (Phi) is 64.1. The maximum atomic E-state index is 12.9. The van der Waals surface area contributed by atoms with Gasteiger partial charge in [-0.3, -0.25) is 14.4 Å². The predicted molar refractivity (Wildman–Crippen MR) is 335 cm³/mol. The van der Waals surface area contributed by atoms with Crippen LogP contribution < -0.4 is 0 Å². The minimum Gasteiger partial charge on any atom is -0.462 e. The molecule has 0 heterocycles. The van der Waals surface area contributed by atoms with Crippen LogP contribution >= 0.6 is 0 Å². The molecule has 1 unspecified atom stereocenters. The molecule has 0 aromatic heterocycles. The molecule has 0 radical (unpaired) electrons. The van der Waals surface area contributed by atoms with Crippen LogP contribution in [-0.4, -0.2) is 37.2 Å². The van der Waals surface area contributed by atoms with Crippen LogP contribution in [0.1, 0.15) is 380 Å². The normalized spacial score (nSPS) is 12.2. The van der Waals surface area contributed by atoms with Crippen LogP contribution in [0.25, 0.3) is 0 Å². The topological polar surface area (TPSA) is 78.9 Å². The lowest BCUT2D eigenvalue weighted by atomic mass is 10.0. The van der Waals surface area contributed by atoms with Gasteiger partial charge in [0.2, 0.25) is 0 Å². The van der Waals surface area contributed by atoms with E-state index in [1.165, 1.54) is 276 Å². The standard InChI is InChI=1S/C71H132O6/c1-4-7-10-13-16-19-22-25-27-29-31-32-33-34-35-36-37-38-39-40-41-43-44-46-49-52-55-58-61-64-70(73)76-67-68(66-75-69(72)63-60-57-54-51-48-24-21-18-15-12-9-6-3)77-71(74)65-62-59-56-53-50-47-45-42-30-28-26-23-20-17-14-11-8-5-2/h18,21,28-31,68H,4-17,19-20,22-27,32-67H2,1-3H3/b21-18-,30-28-,31-29-. The first-order chi connectivity index (χ1) is 38.0. The molecule has 0 aliphatic heterocycles. The number of carbonyl (C=O) groups excluding carboxylic acids is 3. The molecule has 0 saturated heterocycles. The van der Waals surface area contributed by atoms with Gasteiger partial charge in [0.25, 0.3) is 0 Å². The van der Waals surface area contributed by atoms with Crippen molar-refractivity contribution in [2.24, 2.45) is 0 Å². The molecule has 0 aliphatic carbocycles. The third-order valence-electron chi connectivity index (χ3n) is 15.6. The highest BCUT2D eigenvalue weighted by atomic mass is 16.6. The Morgan fingerprint density at radius 2 is 0.429 bits per heavy atom. The zero-order valence-corrected chi connectivity index (χ0v) is 52.0. The summed E-state index contributed by atoms with van der Waals surface area (Å²) in [5.74, 6) is -0.862. The van der Waals surface area contributed by atoms with Gasteiger partial charge in [-0.2, -0.15) is 0 Å². The number of hydrogen-bond acceptors (Lipinski definition) is 6. The smallest absolute Gasteiger partial charge is 0.306 e. The molecular formula is C71H132O6. The van der Waals surface area contributed by atoms with E-state index in [1.807, 2.05) is 0 Å². The molecule has 452 valence electrons. The van der Waals surface area contributed by atoms with E-state index in [0.29, 0.717) is 19.3 Å². The van der Waals surface area contributed by atoms with E-state index in [2.05, 4.69) is 57.2 Å². The van der Waals surface area contributed by atoms with Crippen LogP contribution in [0.15, 0.2) is 36.5 Å². The number of rotatable bonds is 64. The fourth-order valence-electron chi connectivity index (χ4n) is 10.4. The monoisotopic (exact) mass is 1080 g/mol. The maximum absolute atomic E-state index is 12.9. The van der Waals surface area contributed by atoms with Gasteiger partial charge < -0.3 is 14.2 Å². The predicted octanol–water partition coefficient (Wildman–Crippen LogP) is 23.6. The number of carbonyl (C=O) groups is 3. The third kappa shape index (κ3) is 64.3. The summed E-state index contributed by atoms with van der Waals surface area (Å²) in [6.07, 6.45) is 81.8. The molecule has 0 saturated carbocycles. The summed E-state index contributed by atoms with van der Waals surface area (Å²) in [4.78, 5) is 38.3. The highest BCUT2D eigenvalue weighted by molar-refractivity contribution is 5.71. The van der Waals surface area contributed by atoms with Crippen LogP contribution in [0.3, 0.4) is 0 Å². The van der Waals surface area contributed by atoms with Crippen molar-refractivity contribution in [3.05, 3.63) is 36.5 Å². The highest BCUT2D eigenvalue weighted by Crippen LogP contribution is 2.18. The number of allylic oxidation sites excluding steroid dienone is 6. The average molecular weight is 1080 g/mol. The quantitative estimate of drug-likeness (QED) is 0.0261. The Morgan fingerprint density at radius 3 is 0.675 bits per heavy atom. The Hall–Kier alpha value is -2.37. The van der Waals surface area contributed by atoms with E-state index in [4.69, 9.17) is 14.2 Å². The lowest BCUT2D eigenvalue weighted by Gasteiger charge is -2.18. The van der Waals surface area contributed by atoms with Crippen molar-refractivity contribution in [1.82, 2.24) is 0 Å². The highest BCUT2D eigenvalue weighted by Gasteiger charge is 2.19. The van der Waals surface area contributed by atoms with Crippen molar-refractivity contribution in [3.63, 3.8) is 0 Å². The first-order valence-corrected chi connectivity index (χ1v) is 34.5. The molecule has 0 fully saturated rings. The molecule has 0 aliphatic rings. The summed E-state index contributed by atoms with van der Waals surface area (Å²) >= 11 is 0. The maximum Gasteiger partial charge on any atom is 0.306 e. The molecule has 0 aromatic carbocycles. The van der Waals surface area contributed by atoms with Gasteiger partial charge >= 0.3 is 17.9 Å². The van der Waals surface area contributed by atoms with E-state index in [9.17, 15) is 14.4 Å². The van der Waals surface area contributed by atoms with E-state index in [-0.39, 0.29) is 31.1 Å². The van der Waals surface area contributed by atoms with Crippen molar-refractivity contribution < 1.29 is 28.6 Å². The number of esters is 3. The third-order valence-corrected chi connectivity index (χ3v) is 15.6. The van der Waals surface area contributed by atoms with Gasteiger partial charge in [0.05, 0.1) is 0 Å². The second-order valence-corrected chi connectivity index (χ2v) is 23.4. The summed E-state index contributed by atoms with van der Waals surface area (Å²) in [6, 6.07) is 0. The largest absolute Gasteiger partial charge is 0.462 e. The molecule has 77 heavy (non-hydrogen) atoms. The summed E-state index contributed by atoms with van der Waals surface area (Å²) in [7, 11) is 0. The van der Waals surface area contributed by atoms with Crippen molar-refractivity contribution in [3.8, 4) is 0 Å². The van der Waals surface area contributed by atoms with Crippen LogP contribution in [0.5, 0.6) is 0 Å². The van der Waals surface area contributed by atoms with Gasteiger partial charge in [0, 0.05) is 19.3 Å². The molecular weight excluding hydrogens is 949 g/mol. The molecule has 0 N–H and O–H groups in total. The van der Waals surface area contributed by atoms with Gasteiger partial charge in [0.1, 0.15) is 13.2 Å². The second kappa shape index (κ2) is 66.1. The lowest BCUT2D eigenvalue weighted by molar-refractivity contribution is -0.167. The Bertz CT molecular complexity index is 1290. The summed E-state index contributed by atoms with van der Waals surface area (Å²) < 4.78 is 16.9. The summed E-state index contributed by atoms with van der Waals surface area (Å²) in [6.45, 7) is 6.66. The molecule has 0 amide bonds. The van der Waals surface area contributed by atoms with Gasteiger partial charge in [-0.1, -0.05) is 301 Å². The molecule has 0 aromatic rings. The SMILES string of the molecule is CCCCC/C=C\CCCCCCCC(=O)OCC(COC(=O)CCCCCCCCCCCCCCCCCCC/C=C\CCCCCCCCCC)OC(=O)CCCCCCCCC/C=C\CCCCCCCCC. The van der Waals surface area contributed by atoms with Gasteiger partial charge in [-0.25, -0.2) is 0 Å². The van der Waals surface area contributed by atoms with E-state index in [0.717, 1.165) is 64.2 Å². The second-order valence-electron chi connectivity index (χ2n) is 23.4. The van der Waals surface area contributed by atoms with E-state index >= 15 is 0 Å². The van der Waals surface area contributed by atoms with Crippen LogP contribution in [0.2, 0.25) is 0 Å². The molecule has 6 heteroatoms. The number of unbranched alkanes of at least 4 members (excludes halogenated alkanes) is 47. The molecule has 0 rings (SSSR count). The fourth-order valence-corrected chi connectivity index (χ4v) is 10.4. The van der Waals surface area contributed by atoms with E-state index < -0.39 is 6.10 Å². The Balaban J connectivity index is 4.16. The van der Waals surface area contributed by atoms with Gasteiger partial charge in [-0.15, -0.1) is 0 Å². The zero-order valence-electron chi connectivity index (χ0n) is 52.0. The minimum absolute atomic E-state index is 0.0725. The average Bonchev–Trinajstić information content (AvgIpc) is 3.43. The van der Waals surface area contributed by atoms with Crippen molar-refractivity contribution >= 4 is 17.9 Å². The molecule has 0 spiro atoms. The number of hydrogen-bond donors (Lipinski definition) is 0. The van der Waals surface area contributed by atoms with Gasteiger partial charge in [-0.05, 0) is 96.3 Å². The van der Waals surface area contributed by atoms with Gasteiger partial charge in [0.15, 0.2) is 6.10 Å². The summed E-state index contributed by atoms with van der Waals surface area (Å²) in [5, 5.41) is 0. The van der Waals surface area contributed by atoms with Crippen LogP contribution in [0.4, 0.5) is 0 Å². The van der Waals surface area contributed by atoms with Crippen LogP contribution in [-0.2, 0) is 28.6 Å². The molecule has 0 bridgehead atoms. The van der Waals surface area contributed by atoms with Crippen LogP contribution in [0, 0.1) is 0 Å². The molecule has 6 nitrogen and oxygen atoms in total. The minimum atomic E-state index is -0.776. The Morgan fingerprint density at radius 1 is 0.247 bits per heavy atom. The van der Waals surface area contributed by atoms with Crippen molar-refractivity contribution in [2.45, 2.75) is 386 Å². The lowest BCUT2D eigenvalue weighted by Crippen LogP contribution is -2.30. The summed E-state index contributed by atoms with van der Waals surface area (Å²) in [5.41, 5.74) is 0. The molecule has 1 atom stereocenters. The fraction of sp³-hybridized carbons (Fsp3) is 0.873. The number of ether oxygens (including phenoxy) is 3.